The first-order chi connectivity index (χ1) is 9.54. The van der Waals surface area contributed by atoms with Crippen LogP contribution >= 0.6 is 15.9 Å². The second kappa shape index (κ2) is 8.55. The van der Waals surface area contributed by atoms with Gasteiger partial charge in [-0.15, -0.1) is 0 Å². The van der Waals surface area contributed by atoms with E-state index in [-0.39, 0.29) is 11.6 Å². The fraction of sp³-hybridized carbons (Fsp3) is 0.385. The van der Waals surface area contributed by atoms with Crippen LogP contribution in [0.2, 0.25) is 0 Å². The van der Waals surface area contributed by atoms with Crippen molar-refractivity contribution in [3.05, 3.63) is 28.2 Å². The number of carbonyl (C=O) groups excluding carboxylic acids is 1. The molecule has 0 unspecified atom stereocenters. The number of aromatic carboxylic acids is 1. The van der Waals surface area contributed by atoms with Crippen molar-refractivity contribution < 1.29 is 19.4 Å². The van der Waals surface area contributed by atoms with E-state index in [0.29, 0.717) is 29.9 Å². The lowest BCUT2D eigenvalue weighted by Crippen LogP contribution is -2.30. The number of hydrogen-bond acceptors (Lipinski definition) is 3. The van der Waals surface area contributed by atoms with Crippen LogP contribution in [0.25, 0.3) is 0 Å². The minimum atomic E-state index is -1.04. The molecule has 20 heavy (non-hydrogen) atoms. The van der Waals surface area contributed by atoms with Crippen molar-refractivity contribution in [3.8, 4) is 0 Å². The summed E-state index contributed by atoms with van der Waals surface area (Å²) in [6.45, 7) is 3.64. The summed E-state index contributed by atoms with van der Waals surface area (Å²) >= 11 is 3.26. The number of rotatable bonds is 7. The Kier molecular flexibility index (Phi) is 7.03. The molecule has 0 aliphatic heterocycles. The minimum absolute atomic E-state index is 0.111. The second-order valence-electron chi connectivity index (χ2n) is 3.93. The van der Waals surface area contributed by atoms with Gasteiger partial charge < -0.3 is 20.5 Å². The van der Waals surface area contributed by atoms with Crippen LogP contribution in [0, 0.1) is 0 Å². The zero-order chi connectivity index (χ0) is 15.0. The monoisotopic (exact) mass is 344 g/mol. The Labute approximate surface area is 125 Å². The molecule has 0 aromatic heterocycles. The maximum absolute atomic E-state index is 11.6. The molecule has 0 aliphatic rings. The van der Waals surface area contributed by atoms with Crippen molar-refractivity contribution in [1.82, 2.24) is 5.32 Å². The zero-order valence-electron chi connectivity index (χ0n) is 11.1. The molecule has 0 radical (unpaired) electrons. The van der Waals surface area contributed by atoms with Crippen molar-refractivity contribution in [1.29, 1.82) is 0 Å². The molecular weight excluding hydrogens is 328 g/mol. The Morgan fingerprint density at radius 2 is 2.15 bits per heavy atom. The summed E-state index contributed by atoms with van der Waals surface area (Å²) in [5.41, 5.74) is 0.520. The number of anilines is 1. The first-order valence-electron chi connectivity index (χ1n) is 6.20. The van der Waals surface area contributed by atoms with Gasteiger partial charge in [-0.3, -0.25) is 0 Å². The normalized spacial score (nSPS) is 10.1. The highest BCUT2D eigenvalue weighted by molar-refractivity contribution is 9.10. The molecule has 110 valence electrons. The lowest BCUT2D eigenvalue weighted by molar-refractivity contribution is 0.0697. The van der Waals surface area contributed by atoms with Gasteiger partial charge in [-0.05, 0) is 47.5 Å². The average Bonchev–Trinajstić information content (AvgIpc) is 2.40. The van der Waals surface area contributed by atoms with E-state index in [9.17, 15) is 9.59 Å². The average molecular weight is 345 g/mol. The number of halogens is 1. The lowest BCUT2D eigenvalue weighted by atomic mass is 10.2. The maximum atomic E-state index is 11.6. The van der Waals surface area contributed by atoms with E-state index in [2.05, 4.69) is 26.6 Å². The molecule has 0 bridgehead atoms. The van der Waals surface area contributed by atoms with E-state index in [1.807, 2.05) is 6.92 Å². The van der Waals surface area contributed by atoms with Gasteiger partial charge in [0.1, 0.15) is 0 Å². The van der Waals surface area contributed by atoms with Gasteiger partial charge in [0.15, 0.2) is 0 Å². The summed E-state index contributed by atoms with van der Waals surface area (Å²) < 4.78 is 5.77. The number of urea groups is 1. The van der Waals surface area contributed by atoms with E-state index in [4.69, 9.17) is 9.84 Å². The molecule has 1 rings (SSSR count). The van der Waals surface area contributed by atoms with E-state index < -0.39 is 5.97 Å². The molecule has 0 spiro atoms. The molecule has 3 N–H and O–H groups in total. The fourth-order valence-electron chi connectivity index (χ4n) is 1.44. The number of carboxylic acid groups (broad SMARTS) is 1. The third kappa shape index (κ3) is 5.58. The number of hydrogen-bond donors (Lipinski definition) is 3. The van der Waals surface area contributed by atoms with Gasteiger partial charge in [0.05, 0.1) is 11.3 Å². The van der Waals surface area contributed by atoms with Crippen LogP contribution in [0.15, 0.2) is 22.7 Å². The topological polar surface area (TPSA) is 87.7 Å². The van der Waals surface area contributed by atoms with Crippen molar-refractivity contribution in [2.45, 2.75) is 13.3 Å². The predicted octanol–water partition coefficient (Wildman–Crippen LogP) is 2.70. The quantitative estimate of drug-likeness (QED) is 0.663. The Balaban J connectivity index is 2.49. The second-order valence-corrected chi connectivity index (χ2v) is 4.79. The van der Waals surface area contributed by atoms with Gasteiger partial charge in [0, 0.05) is 24.2 Å². The Morgan fingerprint density at radius 1 is 1.40 bits per heavy atom. The van der Waals surface area contributed by atoms with Crippen molar-refractivity contribution in [2.24, 2.45) is 0 Å². The van der Waals surface area contributed by atoms with Gasteiger partial charge in [-0.1, -0.05) is 0 Å². The molecule has 1 aromatic rings. The summed E-state index contributed by atoms with van der Waals surface area (Å²) in [5, 5.41) is 14.2. The molecule has 0 atom stereocenters. The largest absolute Gasteiger partial charge is 0.478 e. The maximum Gasteiger partial charge on any atom is 0.335 e. The van der Waals surface area contributed by atoms with Crippen LogP contribution in [0.1, 0.15) is 23.7 Å². The van der Waals surface area contributed by atoms with Crippen LogP contribution in [0.5, 0.6) is 0 Å². The molecule has 6 nitrogen and oxygen atoms in total. The summed E-state index contributed by atoms with van der Waals surface area (Å²) in [7, 11) is 0. The van der Waals surface area contributed by atoms with Gasteiger partial charge in [-0.25, -0.2) is 9.59 Å². The standard InChI is InChI=1S/C13H17BrN2O4/c1-2-20-7-3-6-15-13(19)16-11-8-9(12(17)18)4-5-10(11)14/h4-5,8H,2-3,6-7H2,1H3,(H,17,18)(H2,15,16,19). The predicted molar refractivity (Wildman–Crippen MR) is 79.2 cm³/mol. The number of nitrogens with one attached hydrogen (secondary N) is 2. The molecule has 0 saturated heterocycles. The van der Waals surface area contributed by atoms with Crippen LogP contribution in [-0.2, 0) is 4.74 Å². The van der Waals surface area contributed by atoms with Crippen LogP contribution in [0.3, 0.4) is 0 Å². The van der Waals surface area contributed by atoms with Gasteiger partial charge in [0.2, 0.25) is 0 Å². The molecule has 0 aliphatic carbocycles. The molecule has 7 heteroatoms. The molecule has 0 saturated carbocycles. The number of carbonyl (C=O) groups is 2. The summed E-state index contributed by atoms with van der Waals surface area (Å²) in [6.07, 6.45) is 0.720. The third-order valence-corrected chi connectivity index (χ3v) is 3.11. The number of amides is 2. The molecule has 0 heterocycles. The van der Waals surface area contributed by atoms with E-state index in [1.165, 1.54) is 12.1 Å². The van der Waals surface area contributed by atoms with Gasteiger partial charge >= 0.3 is 12.0 Å². The van der Waals surface area contributed by atoms with E-state index in [0.717, 1.165) is 6.42 Å². The van der Waals surface area contributed by atoms with Crippen LogP contribution < -0.4 is 10.6 Å². The summed E-state index contributed by atoms with van der Waals surface area (Å²) in [5.74, 6) is -1.04. The molecule has 2 amide bonds. The number of benzene rings is 1. The fourth-order valence-corrected chi connectivity index (χ4v) is 1.79. The Morgan fingerprint density at radius 3 is 2.80 bits per heavy atom. The summed E-state index contributed by atoms with van der Waals surface area (Å²) in [4.78, 5) is 22.5. The summed E-state index contributed by atoms with van der Waals surface area (Å²) in [6, 6.07) is 4.04. The van der Waals surface area contributed by atoms with Gasteiger partial charge in [-0.2, -0.15) is 0 Å². The van der Waals surface area contributed by atoms with E-state index in [1.54, 1.807) is 6.07 Å². The first kappa shape index (κ1) is 16.5. The Hall–Kier alpha value is -1.60. The van der Waals surface area contributed by atoms with Crippen molar-refractivity contribution in [2.75, 3.05) is 25.1 Å². The zero-order valence-corrected chi connectivity index (χ0v) is 12.7. The minimum Gasteiger partial charge on any atom is -0.478 e. The molecule has 0 fully saturated rings. The molecular formula is C13H17BrN2O4. The number of carboxylic acids is 1. The van der Waals surface area contributed by atoms with Gasteiger partial charge in [0.25, 0.3) is 0 Å². The lowest BCUT2D eigenvalue weighted by Gasteiger charge is -2.10. The highest BCUT2D eigenvalue weighted by Gasteiger charge is 2.09. The van der Waals surface area contributed by atoms with Crippen LogP contribution in [-0.4, -0.2) is 36.9 Å². The van der Waals surface area contributed by atoms with E-state index >= 15 is 0 Å². The number of ether oxygens (including phenoxy) is 1. The molecule has 1 aromatic carbocycles. The highest BCUT2D eigenvalue weighted by Crippen LogP contribution is 2.23. The van der Waals surface area contributed by atoms with Crippen molar-refractivity contribution in [3.63, 3.8) is 0 Å². The first-order valence-corrected chi connectivity index (χ1v) is 6.99. The van der Waals surface area contributed by atoms with Crippen molar-refractivity contribution >= 4 is 33.6 Å². The third-order valence-electron chi connectivity index (χ3n) is 2.42. The Bertz CT molecular complexity index is 479. The SMILES string of the molecule is CCOCCCNC(=O)Nc1cc(C(=O)O)ccc1Br. The smallest absolute Gasteiger partial charge is 0.335 e. The highest BCUT2D eigenvalue weighted by atomic mass is 79.9. The van der Waals surface area contributed by atoms with Crippen LogP contribution in [0.4, 0.5) is 10.5 Å².